The summed E-state index contributed by atoms with van der Waals surface area (Å²) < 4.78 is 16.0. The Labute approximate surface area is 193 Å². The van der Waals surface area contributed by atoms with E-state index in [0.717, 1.165) is 66.4 Å². The Balaban J connectivity index is 1.83. The summed E-state index contributed by atoms with van der Waals surface area (Å²) in [6, 6.07) is 14.7. The van der Waals surface area contributed by atoms with Gasteiger partial charge in [0.1, 0.15) is 11.6 Å². The van der Waals surface area contributed by atoms with Crippen molar-refractivity contribution < 1.29 is 14.4 Å². The number of nitrogens with zero attached hydrogens (tertiary/aromatic N) is 3. The van der Waals surface area contributed by atoms with Crippen molar-refractivity contribution in [2.75, 3.05) is 19.6 Å². The first-order valence-electron chi connectivity index (χ1n) is 11.3. The van der Waals surface area contributed by atoms with E-state index in [1.54, 1.807) is 11.6 Å². The third-order valence-electron chi connectivity index (χ3n) is 6.18. The lowest BCUT2D eigenvalue weighted by atomic mass is 10.0. The number of hydrogen-bond acceptors (Lipinski definition) is 4. The fourth-order valence-corrected chi connectivity index (χ4v) is 4.58. The highest BCUT2D eigenvalue weighted by molar-refractivity contribution is 5.91. The zero-order chi connectivity index (χ0) is 23.4. The van der Waals surface area contributed by atoms with E-state index in [-0.39, 0.29) is 11.9 Å². The molecule has 2 aromatic carbocycles. The molecule has 1 saturated heterocycles. The lowest BCUT2D eigenvalue weighted by molar-refractivity contribution is -0.124. The SMILES string of the molecule is CCN1CCCC(n2c(-c3cccc(C=CC(=O)NO)c3)nc(C)c2-c2ccc(F)cc2)C1. The van der Waals surface area contributed by atoms with Crippen molar-refractivity contribution in [3.05, 3.63) is 71.7 Å². The molecule has 1 aliphatic rings. The molecule has 1 amide bonds. The topological polar surface area (TPSA) is 70.4 Å². The summed E-state index contributed by atoms with van der Waals surface area (Å²) in [6.45, 7) is 7.20. The first-order valence-corrected chi connectivity index (χ1v) is 11.3. The quantitative estimate of drug-likeness (QED) is 0.322. The van der Waals surface area contributed by atoms with E-state index in [1.807, 2.05) is 43.3 Å². The molecular weight excluding hydrogens is 419 g/mol. The Bertz CT molecular complexity index is 1150. The van der Waals surface area contributed by atoms with Crippen molar-refractivity contribution in [1.29, 1.82) is 0 Å². The van der Waals surface area contributed by atoms with E-state index in [9.17, 15) is 9.18 Å². The van der Waals surface area contributed by atoms with Crippen LogP contribution in [0.3, 0.4) is 0 Å². The Morgan fingerprint density at radius 1 is 1.24 bits per heavy atom. The number of carbonyl (C=O) groups excluding carboxylic acids is 1. The Kier molecular flexibility index (Phi) is 7.01. The van der Waals surface area contributed by atoms with E-state index in [0.29, 0.717) is 0 Å². The van der Waals surface area contributed by atoms with Crippen LogP contribution in [0.15, 0.2) is 54.6 Å². The number of likely N-dealkylation sites (tertiary alicyclic amines) is 1. The van der Waals surface area contributed by atoms with Gasteiger partial charge in [-0.2, -0.15) is 0 Å². The Morgan fingerprint density at radius 3 is 2.76 bits per heavy atom. The highest BCUT2D eigenvalue weighted by atomic mass is 19.1. The van der Waals surface area contributed by atoms with Crippen molar-refractivity contribution in [1.82, 2.24) is 19.9 Å². The number of hydroxylamine groups is 1. The van der Waals surface area contributed by atoms with Gasteiger partial charge in [-0.1, -0.05) is 25.1 Å². The van der Waals surface area contributed by atoms with Crippen molar-refractivity contribution in [2.45, 2.75) is 32.7 Å². The number of aryl methyl sites for hydroxylation is 1. The molecule has 0 spiro atoms. The van der Waals surface area contributed by atoms with Crippen LogP contribution >= 0.6 is 0 Å². The lowest BCUT2D eigenvalue weighted by Gasteiger charge is -2.34. The van der Waals surface area contributed by atoms with Crippen LogP contribution in [0.5, 0.6) is 0 Å². The highest BCUT2D eigenvalue weighted by Crippen LogP contribution is 2.36. The molecule has 1 aliphatic heterocycles. The van der Waals surface area contributed by atoms with Crippen LogP contribution < -0.4 is 5.48 Å². The molecule has 0 radical (unpaired) electrons. The minimum Gasteiger partial charge on any atom is -0.319 e. The van der Waals surface area contributed by atoms with Crippen molar-refractivity contribution >= 4 is 12.0 Å². The number of nitrogens with one attached hydrogen (secondary N) is 1. The maximum Gasteiger partial charge on any atom is 0.267 e. The summed E-state index contributed by atoms with van der Waals surface area (Å²) in [5.41, 5.74) is 6.21. The van der Waals surface area contributed by atoms with Gasteiger partial charge in [0.05, 0.1) is 11.4 Å². The third-order valence-corrected chi connectivity index (χ3v) is 6.18. The Morgan fingerprint density at radius 2 is 2.03 bits per heavy atom. The van der Waals surface area contributed by atoms with Gasteiger partial charge in [-0.3, -0.25) is 10.0 Å². The number of imidazole rings is 1. The van der Waals surface area contributed by atoms with Gasteiger partial charge < -0.3 is 9.47 Å². The normalized spacial score (nSPS) is 16.9. The predicted molar refractivity (Wildman–Crippen MR) is 127 cm³/mol. The standard InChI is InChI=1S/C26H29FN4O2/c1-3-30-15-5-8-23(17-30)31-25(20-10-12-22(27)13-11-20)18(2)28-26(31)21-7-4-6-19(16-21)9-14-24(32)29-33/h4,6-7,9-14,16,23,33H,3,5,8,15,17H2,1-2H3,(H,29,32). The summed E-state index contributed by atoms with van der Waals surface area (Å²) >= 11 is 0. The monoisotopic (exact) mass is 448 g/mol. The smallest absolute Gasteiger partial charge is 0.267 e. The van der Waals surface area contributed by atoms with Crippen LogP contribution in [0.1, 0.15) is 37.1 Å². The van der Waals surface area contributed by atoms with E-state index in [2.05, 4.69) is 16.4 Å². The molecule has 0 saturated carbocycles. The molecule has 172 valence electrons. The minimum absolute atomic E-state index is 0.245. The number of rotatable bonds is 6. The molecule has 7 heteroatoms. The van der Waals surface area contributed by atoms with Crippen molar-refractivity contribution in [2.24, 2.45) is 0 Å². The van der Waals surface area contributed by atoms with Gasteiger partial charge in [0, 0.05) is 29.8 Å². The molecule has 2 N–H and O–H groups in total. The third kappa shape index (κ3) is 5.05. The fourth-order valence-electron chi connectivity index (χ4n) is 4.58. The van der Waals surface area contributed by atoms with E-state index < -0.39 is 5.91 Å². The van der Waals surface area contributed by atoms with Gasteiger partial charge in [0.15, 0.2) is 0 Å². The van der Waals surface area contributed by atoms with Gasteiger partial charge in [-0.15, -0.1) is 0 Å². The number of hydrogen-bond donors (Lipinski definition) is 2. The maximum absolute atomic E-state index is 13.6. The molecule has 1 atom stereocenters. The van der Waals surface area contributed by atoms with E-state index in [4.69, 9.17) is 10.2 Å². The minimum atomic E-state index is -0.585. The molecule has 1 fully saturated rings. The first kappa shape index (κ1) is 22.9. The first-order chi connectivity index (χ1) is 16.0. The molecule has 0 bridgehead atoms. The summed E-state index contributed by atoms with van der Waals surface area (Å²) in [7, 11) is 0. The van der Waals surface area contributed by atoms with Crippen LogP contribution in [-0.2, 0) is 4.79 Å². The average molecular weight is 449 g/mol. The molecule has 33 heavy (non-hydrogen) atoms. The highest BCUT2D eigenvalue weighted by Gasteiger charge is 2.27. The van der Waals surface area contributed by atoms with Gasteiger partial charge in [-0.05, 0) is 74.8 Å². The van der Waals surface area contributed by atoms with Gasteiger partial charge in [0.25, 0.3) is 5.91 Å². The number of carbonyl (C=O) groups is 1. The molecule has 6 nitrogen and oxygen atoms in total. The number of halogens is 1. The summed E-state index contributed by atoms with van der Waals surface area (Å²) in [6.07, 6.45) is 5.08. The number of aromatic nitrogens is 2. The van der Waals surface area contributed by atoms with Crippen LogP contribution in [0.25, 0.3) is 28.7 Å². The van der Waals surface area contributed by atoms with Crippen LogP contribution in [0.4, 0.5) is 4.39 Å². The largest absolute Gasteiger partial charge is 0.319 e. The Hall–Kier alpha value is -3.29. The molecular formula is C26H29FN4O2. The van der Waals surface area contributed by atoms with Crippen molar-refractivity contribution in [3.8, 4) is 22.6 Å². The second kappa shape index (κ2) is 10.1. The molecule has 0 aliphatic carbocycles. The van der Waals surface area contributed by atoms with Gasteiger partial charge >= 0.3 is 0 Å². The van der Waals surface area contributed by atoms with Crippen LogP contribution in [-0.4, -0.2) is 45.2 Å². The zero-order valence-corrected chi connectivity index (χ0v) is 19.0. The zero-order valence-electron chi connectivity index (χ0n) is 19.0. The average Bonchev–Trinajstić information content (AvgIpc) is 3.20. The molecule has 4 rings (SSSR count). The predicted octanol–water partition coefficient (Wildman–Crippen LogP) is 4.84. The summed E-state index contributed by atoms with van der Waals surface area (Å²) in [5.74, 6) is 0.0127. The number of piperidine rings is 1. The second-order valence-corrected chi connectivity index (χ2v) is 8.37. The molecule has 3 aromatic rings. The summed E-state index contributed by atoms with van der Waals surface area (Å²) in [5, 5.41) is 8.73. The summed E-state index contributed by atoms with van der Waals surface area (Å²) in [4.78, 5) is 18.8. The van der Waals surface area contributed by atoms with Gasteiger partial charge in [-0.25, -0.2) is 14.9 Å². The molecule has 1 unspecified atom stereocenters. The fraction of sp³-hybridized carbons (Fsp3) is 0.308. The number of benzene rings is 2. The van der Waals surface area contributed by atoms with Crippen LogP contribution in [0.2, 0.25) is 0 Å². The van der Waals surface area contributed by atoms with Gasteiger partial charge in [0.2, 0.25) is 0 Å². The number of amides is 1. The van der Waals surface area contributed by atoms with Crippen LogP contribution in [0, 0.1) is 12.7 Å². The second-order valence-electron chi connectivity index (χ2n) is 8.37. The van der Waals surface area contributed by atoms with Crippen molar-refractivity contribution in [3.63, 3.8) is 0 Å². The lowest BCUT2D eigenvalue weighted by Crippen LogP contribution is -2.36. The number of likely N-dealkylation sites (N-methyl/N-ethyl adjacent to an activating group) is 1. The maximum atomic E-state index is 13.6. The molecule has 1 aromatic heterocycles. The van der Waals surface area contributed by atoms with E-state index >= 15 is 0 Å². The molecule has 2 heterocycles. The van der Waals surface area contributed by atoms with E-state index in [1.165, 1.54) is 18.2 Å².